The molecule has 0 unspecified atom stereocenters. The van der Waals surface area contributed by atoms with Gasteiger partial charge < -0.3 is 24.5 Å². The fraction of sp³-hybridized carbons (Fsp3) is 0.125. The number of carbonyl (C=O) groups excluding carboxylic acids is 1. The summed E-state index contributed by atoms with van der Waals surface area (Å²) >= 11 is 0. The van der Waals surface area contributed by atoms with E-state index in [1.54, 1.807) is 18.2 Å². The van der Waals surface area contributed by atoms with Gasteiger partial charge in [0.15, 0.2) is 0 Å². The second-order valence-electron chi connectivity index (χ2n) is 7.66. The number of nitro groups is 1. The molecule has 0 saturated heterocycles. The first-order valence-electron chi connectivity index (χ1n) is 10.7. The van der Waals surface area contributed by atoms with Crippen LogP contribution in [0.5, 0.6) is 17.2 Å². The molecule has 1 heterocycles. The number of H-pyrrole nitrogens is 1. The zero-order valence-electron chi connectivity index (χ0n) is 19.9. The lowest BCUT2D eigenvalue weighted by molar-refractivity contribution is -0.383. The van der Waals surface area contributed by atoms with Crippen LogP contribution in [-0.2, 0) is 10.0 Å². The highest BCUT2D eigenvalue weighted by atomic mass is 32.2. The summed E-state index contributed by atoms with van der Waals surface area (Å²) in [5.74, 6) is 0.470. The molecule has 0 saturated carbocycles. The largest absolute Gasteiger partial charge is 0.497 e. The van der Waals surface area contributed by atoms with E-state index in [1.807, 2.05) is 4.72 Å². The molecule has 0 bridgehead atoms. The van der Waals surface area contributed by atoms with Gasteiger partial charge in [0.1, 0.15) is 28.5 Å². The molecule has 3 aromatic carbocycles. The maximum atomic E-state index is 12.9. The summed E-state index contributed by atoms with van der Waals surface area (Å²) in [7, 11) is 0.205. The average molecular weight is 527 g/mol. The Labute approximate surface area is 211 Å². The molecule has 12 nitrogen and oxygen atoms in total. The molecule has 3 N–H and O–H groups in total. The van der Waals surface area contributed by atoms with Crippen LogP contribution in [-0.4, -0.2) is 45.6 Å². The summed E-state index contributed by atoms with van der Waals surface area (Å²) in [6, 6.07) is 14.6. The number of fused-ring (bicyclic) bond motifs is 1. The van der Waals surface area contributed by atoms with Crippen LogP contribution in [0.4, 0.5) is 17.1 Å². The summed E-state index contributed by atoms with van der Waals surface area (Å²) in [4.78, 5) is 26.4. The van der Waals surface area contributed by atoms with Crippen LogP contribution in [0.25, 0.3) is 10.9 Å². The Balaban J connectivity index is 1.72. The quantitative estimate of drug-likeness (QED) is 0.216. The molecule has 0 aliphatic heterocycles. The van der Waals surface area contributed by atoms with E-state index in [0.717, 1.165) is 0 Å². The third-order valence-electron chi connectivity index (χ3n) is 5.49. The van der Waals surface area contributed by atoms with Crippen LogP contribution < -0.4 is 24.2 Å². The molecule has 0 aliphatic rings. The Morgan fingerprint density at radius 3 is 2.19 bits per heavy atom. The highest BCUT2D eigenvalue weighted by molar-refractivity contribution is 7.90. The number of sulfonamides is 1. The number of nitrogens with zero attached hydrogens (tertiary/aromatic N) is 1. The average Bonchev–Trinajstić information content (AvgIpc) is 3.34. The third kappa shape index (κ3) is 5.11. The van der Waals surface area contributed by atoms with E-state index in [-0.39, 0.29) is 27.2 Å². The number of non-ortho nitro benzene ring substituents is 1. The first-order chi connectivity index (χ1) is 17.7. The molecule has 0 fully saturated rings. The Hall–Kier alpha value is -4.78. The van der Waals surface area contributed by atoms with Crippen molar-refractivity contribution in [2.24, 2.45) is 0 Å². The van der Waals surface area contributed by atoms with Gasteiger partial charge in [0.2, 0.25) is 0 Å². The summed E-state index contributed by atoms with van der Waals surface area (Å²) < 4.78 is 43.0. The minimum absolute atomic E-state index is 0.0314. The van der Waals surface area contributed by atoms with Crippen LogP contribution in [0, 0.1) is 10.1 Å². The minimum atomic E-state index is -4.23. The van der Waals surface area contributed by atoms with Crippen LogP contribution in [0.2, 0.25) is 0 Å². The van der Waals surface area contributed by atoms with Gasteiger partial charge in [-0.3, -0.25) is 14.9 Å². The fourth-order valence-corrected chi connectivity index (χ4v) is 4.60. The molecule has 0 spiro atoms. The Morgan fingerprint density at radius 1 is 0.892 bits per heavy atom. The van der Waals surface area contributed by atoms with Crippen molar-refractivity contribution in [1.29, 1.82) is 0 Å². The van der Waals surface area contributed by atoms with Crippen LogP contribution in [0.15, 0.2) is 65.6 Å². The standard InChI is InChI=1S/C24H22N4O8S/c1-34-14-4-7-16(8-5-14)37(32,33)27-24(29)20-13-17-18(9-10-21(28(30)31)23(17)26-20)25-19-12-15(35-2)6-11-22(19)36-3/h4-13,25-26H,1-3H3,(H,27,29). The molecule has 4 aromatic rings. The highest BCUT2D eigenvalue weighted by Gasteiger charge is 2.24. The predicted molar refractivity (Wildman–Crippen MR) is 135 cm³/mol. The van der Waals surface area contributed by atoms with Crippen LogP contribution in [0.1, 0.15) is 10.5 Å². The minimum Gasteiger partial charge on any atom is -0.497 e. The number of rotatable bonds is 9. The van der Waals surface area contributed by atoms with Crippen molar-refractivity contribution < 1.29 is 32.3 Å². The molecule has 0 radical (unpaired) electrons. The van der Waals surface area contributed by atoms with E-state index >= 15 is 0 Å². The molecule has 1 amide bonds. The van der Waals surface area contributed by atoms with Gasteiger partial charge in [-0.05, 0) is 48.5 Å². The van der Waals surface area contributed by atoms with Crippen molar-refractivity contribution >= 4 is 43.9 Å². The molecule has 37 heavy (non-hydrogen) atoms. The molecule has 0 atom stereocenters. The third-order valence-corrected chi connectivity index (χ3v) is 6.83. The number of hydrogen-bond donors (Lipinski definition) is 3. The molecular formula is C24H22N4O8S. The van der Waals surface area contributed by atoms with E-state index in [1.165, 1.54) is 63.8 Å². The molecular weight excluding hydrogens is 504 g/mol. The SMILES string of the molecule is COc1ccc(S(=O)(=O)NC(=O)c2cc3c(Nc4cc(OC)ccc4OC)ccc([N+](=O)[O-])c3[nH]2)cc1. The number of nitro benzene ring substituents is 1. The number of carbonyl (C=O) groups is 1. The van der Waals surface area contributed by atoms with Crippen molar-refractivity contribution in [2.75, 3.05) is 26.6 Å². The normalized spacial score (nSPS) is 11.1. The first kappa shape index (κ1) is 25.3. The number of anilines is 2. The molecule has 192 valence electrons. The number of methoxy groups -OCH3 is 3. The second-order valence-corrected chi connectivity index (χ2v) is 9.34. The maximum absolute atomic E-state index is 12.9. The Morgan fingerprint density at radius 2 is 1.57 bits per heavy atom. The molecule has 13 heteroatoms. The van der Waals surface area contributed by atoms with Crippen molar-refractivity contribution in [3.63, 3.8) is 0 Å². The number of aromatic nitrogens is 1. The lowest BCUT2D eigenvalue weighted by Crippen LogP contribution is -2.30. The van der Waals surface area contributed by atoms with Crippen molar-refractivity contribution in [2.45, 2.75) is 4.90 Å². The topological polar surface area (TPSA) is 162 Å². The summed E-state index contributed by atoms with van der Waals surface area (Å²) in [5, 5.41) is 15.1. The van der Waals surface area contributed by atoms with E-state index in [0.29, 0.717) is 28.6 Å². The maximum Gasteiger partial charge on any atom is 0.293 e. The molecule has 0 aliphatic carbocycles. The summed E-state index contributed by atoms with van der Waals surface area (Å²) in [5.41, 5.74) is 0.452. The zero-order chi connectivity index (χ0) is 26.7. The number of benzene rings is 3. The first-order valence-corrected chi connectivity index (χ1v) is 12.2. The zero-order valence-corrected chi connectivity index (χ0v) is 20.7. The second kappa shape index (κ2) is 10.1. The molecule has 1 aromatic heterocycles. The van der Waals surface area contributed by atoms with E-state index in [2.05, 4.69) is 10.3 Å². The Kier molecular flexibility index (Phi) is 6.89. The summed E-state index contributed by atoms with van der Waals surface area (Å²) in [6.45, 7) is 0. The highest BCUT2D eigenvalue weighted by Crippen LogP contribution is 2.37. The van der Waals surface area contributed by atoms with E-state index < -0.39 is 20.9 Å². The monoisotopic (exact) mass is 526 g/mol. The predicted octanol–water partition coefficient (Wildman–Crippen LogP) is 3.96. The van der Waals surface area contributed by atoms with Gasteiger partial charge in [-0.2, -0.15) is 0 Å². The van der Waals surface area contributed by atoms with Gasteiger partial charge in [-0.1, -0.05) is 0 Å². The van der Waals surface area contributed by atoms with Crippen LogP contribution in [0.3, 0.4) is 0 Å². The number of ether oxygens (including phenoxy) is 3. The lowest BCUT2D eigenvalue weighted by atomic mass is 10.1. The van der Waals surface area contributed by atoms with Gasteiger partial charge in [0.25, 0.3) is 21.6 Å². The summed E-state index contributed by atoms with van der Waals surface area (Å²) in [6.07, 6.45) is 0. The van der Waals surface area contributed by atoms with Gasteiger partial charge in [-0.15, -0.1) is 0 Å². The van der Waals surface area contributed by atoms with Gasteiger partial charge >= 0.3 is 0 Å². The fourth-order valence-electron chi connectivity index (χ4n) is 3.64. The van der Waals surface area contributed by atoms with Gasteiger partial charge in [-0.25, -0.2) is 13.1 Å². The van der Waals surface area contributed by atoms with Crippen molar-refractivity contribution in [3.05, 3.63) is 76.5 Å². The van der Waals surface area contributed by atoms with E-state index in [4.69, 9.17) is 14.2 Å². The van der Waals surface area contributed by atoms with Gasteiger partial charge in [0, 0.05) is 23.2 Å². The van der Waals surface area contributed by atoms with Crippen molar-refractivity contribution in [3.8, 4) is 17.2 Å². The lowest BCUT2D eigenvalue weighted by Gasteiger charge is -2.13. The van der Waals surface area contributed by atoms with Gasteiger partial charge in [0.05, 0.1) is 36.8 Å². The number of hydrogen-bond acceptors (Lipinski definition) is 9. The number of amides is 1. The Bertz CT molecular complexity index is 1600. The van der Waals surface area contributed by atoms with E-state index in [9.17, 15) is 23.3 Å². The van der Waals surface area contributed by atoms with Crippen molar-refractivity contribution in [1.82, 2.24) is 9.71 Å². The number of aromatic amines is 1. The molecule has 4 rings (SSSR count). The smallest absolute Gasteiger partial charge is 0.293 e. The number of nitrogens with one attached hydrogen (secondary N) is 3. The van der Waals surface area contributed by atoms with Crippen LogP contribution >= 0.6 is 0 Å².